The van der Waals surface area contributed by atoms with Crippen molar-refractivity contribution in [3.63, 3.8) is 0 Å². The monoisotopic (exact) mass is 364 g/mol. The fourth-order valence-electron chi connectivity index (χ4n) is 4.75. The molecule has 0 unspecified atom stereocenters. The third-order valence-corrected chi connectivity index (χ3v) is 6.24. The van der Waals surface area contributed by atoms with Crippen molar-refractivity contribution in [1.29, 1.82) is 0 Å². The van der Waals surface area contributed by atoms with E-state index in [0.717, 1.165) is 39.0 Å². The number of carbonyl (C=O) groups is 1. The maximum atomic E-state index is 13.1. The van der Waals surface area contributed by atoms with Gasteiger partial charge in [0.05, 0.1) is 12.7 Å². The third-order valence-electron chi connectivity index (χ3n) is 6.24. The summed E-state index contributed by atoms with van der Waals surface area (Å²) in [7, 11) is 1.62. The molecule has 27 heavy (non-hydrogen) atoms. The Morgan fingerprint density at radius 2 is 1.52 bits per heavy atom. The lowest BCUT2D eigenvalue weighted by Gasteiger charge is -2.48. The first-order chi connectivity index (χ1) is 13.2. The van der Waals surface area contributed by atoms with Crippen LogP contribution in [0.5, 0.6) is 5.75 Å². The van der Waals surface area contributed by atoms with E-state index in [1.165, 1.54) is 18.4 Å². The van der Waals surface area contributed by atoms with Crippen molar-refractivity contribution in [2.45, 2.75) is 31.2 Å². The molecular weight excluding hydrogens is 336 g/mol. The molecule has 0 aliphatic carbocycles. The Bertz CT molecular complexity index is 776. The number of rotatable bonds is 4. The van der Waals surface area contributed by atoms with Gasteiger partial charge in [-0.3, -0.25) is 9.69 Å². The van der Waals surface area contributed by atoms with E-state index in [2.05, 4.69) is 35.2 Å². The van der Waals surface area contributed by atoms with Gasteiger partial charge in [-0.1, -0.05) is 42.5 Å². The lowest BCUT2D eigenvalue weighted by molar-refractivity contribution is 0.0293. The van der Waals surface area contributed by atoms with Crippen molar-refractivity contribution in [3.8, 4) is 5.75 Å². The number of carbonyl (C=O) groups excluding carboxylic acids is 1. The molecule has 0 atom stereocenters. The fraction of sp³-hybridized carbons (Fsp3) is 0.435. The zero-order valence-corrected chi connectivity index (χ0v) is 16.1. The summed E-state index contributed by atoms with van der Waals surface area (Å²) in [6.45, 7) is 3.88. The summed E-state index contributed by atoms with van der Waals surface area (Å²) in [5.74, 6) is 0.734. The molecule has 2 fully saturated rings. The minimum absolute atomic E-state index is 0.0648. The molecule has 142 valence electrons. The van der Waals surface area contributed by atoms with Crippen molar-refractivity contribution in [2.24, 2.45) is 0 Å². The Hall–Kier alpha value is -2.33. The van der Waals surface area contributed by atoms with Crippen LogP contribution in [0.4, 0.5) is 0 Å². The van der Waals surface area contributed by atoms with Crippen LogP contribution in [0.25, 0.3) is 0 Å². The van der Waals surface area contributed by atoms with E-state index in [-0.39, 0.29) is 11.4 Å². The summed E-state index contributed by atoms with van der Waals surface area (Å²) >= 11 is 0. The molecule has 0 spiro atoms. The summed E-state index contributed by atoms with van der Waals surface area (Å²) in [4.78, 5) is 17.7. The molecule has 0 radical (unpaired) electrons. The first-order valence-electron chi connectivity index (χ1n) is 9.97. The molecule has 4 nitrogen and oxygen atoms in total. The van der Waals surface area contributed by atoms with Crippen LogP contribution in [-0.2, 0) is 5.54 Å². The molecule has 0 N–H and O–H groups in total. The highest BCUT2D eigenvalue weighted by Gasteiger charge is 2.43. The third kappa shape index (κ3) is 3.34. The number of methoxy groups -OCH3 is 1. The Balaban J connectivity index is 1.56. The standard InChI is InChI=1S/C23H28N2O2/c1-27-21-12-6-5-11-20(21)22(26)24-17-13-23(14-18-24,25-15-7-8-16-25)19-9-3-2-4-10-19/h2-6,9-12H,7-8,13-18H2,1H3. The Morgan fingerprint density at radius 1 is 0.889 bits per heavy atom. The zero-order chi connectivity index (χ0) is 18.7. The maximum Gasteiger partial charge on any atom is 0.257 e. The second kappa shape index (κ2) is 7.73. The van der Waals surface area contributed by atoms with Crippen LogP contribution in [0.3, 0.4) is 0 Å². The van der Waals surface area contributed by atoms with Gasteiger partial charge in [0.25, 0.3) is 5.91 Å². The molecule has 1 amide bonds. The number of likely N-dealkylation sites (tertiary alicyclic amines) is 2. The average Bonchev–Trinajstić information content (AvgIpc) is 3.29. The molecule has 4 rings (SSSR count). The fourth-order valence-corrected chi connectivity index (χ4v) is 4.75. The molecular formula is C23H28N2O2. The minimum atomic E-state index is 0.0648. The van der Waals surface area contributed by atoms with Crippen LogP contribution in [0.1, 0.15) is 41.6 Å². The normalized spacial score (nSPS) is 19.8. The molecule has 0 bridgehead atoms. The van der Waals surface area contributed by atoms with E-state index >= 15 is 0 Å². The molecule has 4 heteroatoms. The van der Waals surface area contributed by atoms with Crippen LogP contribution in [0, 0.1) is 0 Å². The molecule has 2 aromatic rings. The van der Waals surface area contributed by atoms with Crippen LogP contribution in [0.2, 0.25) is 0 Å². The molecule has 0 aromatic heterocycles. The van der Waals surface area contributed by atoms with E-state index in [1.807, 2.05) is 29.2 Å². The van der Waals surface area contributed by atoms with Gasteiger partial charge in [-0.25, -0.2) is 0 Å². The van der Waals surface area contributed by atoms with Gasteiger partial charge in [0.15, 0.2) is 0 Å². The lowest BCUT2D eigenvalue weighted by atomic mass is 9.79. The minimum Gasteiger partial charge on any atom is -0.496 e. The first kappa shape index (κ1) is 18.1. The van der Waals surface area contributed by atoms with Crippen LogP contribution < -0.4 is 4.74 Å². The number of ether oxygens (including phenoxy) is 1. The number of benzene rings is 2. The van der Waals surface area contributed by atoms with Gasteiger partial charge in [-0.15, -0.1) is 0 Å². The van der Waals surface area contributed by atoms with Crippen LogP contribution in [0.15, 0.2) is 54.6 Å². The van der Waals surface area contributed by atoms with Gasteiger partial charge in [0.2, 0.25) is 0 Å². The van der Waals surface area contributed by atoms with Crippen LogP contribution >= 0.6 is 0 Å². The zero-order valence-electron chi connectivity index (χ0n) is 16.1. The Labute approximate surface area is 161 Å². The number of hydrogen-bond acceptors (Lipinski definition) is 3. The van der Waals surface area contributed by atoms with Gasteiger partial charge in [0, 0.05) is 18.6 Å². The summed E-state index contributed by atoms with van der Waals surface area (Å²) in [6.07, 6.45) is 4.52. The van der Waals surface area contributed by atoms with E-state index < -0.39 is 0 Å². The van der Waals surface area contributed by atoms with Crippen LogP contribution in [-0.4, -0.2) is 49.0 Å². The van der Waals surface area contributed by atoms with Gasteiger partial charge in [-0.2, -0.15) is 0 Å². The SMILES string of the molecule is COc1ccccc1C(=O)N1CCC(c2ccccc2)(N2CCCC2)CC1. The highest BCUT2D eigenvalue weighted by Crippen LogP contribution is 2.41. The number of piperidine rings is 1. The highest BCUT2D eigenvalue weighted by molar-refractivity contribution is 5.97. The van der Waals surface area contributed by atoms with Gasteiger partial charge < -0.3 is 9.64 Å². The van der Waals surface area contributed by atoms with Gasteiger partial charge >= 0.3 is 0 Å². The van der Waals surface area contributed by atoms with Crippen molar-refractivity contribution in [3.05, 3.63) is 65.7 Å². The first-order valence-corrected chi connectivity index (χ1v) is 9.97. The summed E-state index contributed by atoms with van der Waals surface area (Å²) in [5, 5.41) is 0. The second-order valence-corrected chi connectivity index (χ2v) is 7.58. The topological polar surface area (TPSA) is 32.8 Å². The molecule has 0 saturated carbocycles. The predicted molar refractivity (Wildman–Crippen MR) is 107 cm³/mol. The smallest absolute Gasteiger partial charge is 0.257 e. The Kier molecular flexibility index (Phi) is 5.17. The number of amides is 1. The molecule has 2 saturated heterocycles. The molecule has 2 heterocycles. The van der Waals surface area contributed by atoms with Gasteiger partial charge in [0.1, 0.15) is 5.75 Å². The highest BCUT2D eigenvalue weighted by atomic mass is 16.5. The predicted octanol–water partition coefficient (Wildman–Crippen LogP) is 3.92. The lowest BCUT2D eigenvalue weighted by Crippen LogP contribution is -2.53. The largest absolute Gasteiger partial charge is 0.496 e. The van der Waals surface area contributed by atoms with E-state index in [0.29, 0.717) is 11.3 Å². The van der Waals surface area contributed by atoms with Crippen molar-refractivity contribution >= 4 is 5.91 Å². The number of nitrogens with zero attached hydrogens (tertiary/aromatic N) is 2. The number of hydrogen-bond donors (Lipinski definition) is 0. The van der Waals surface area contributed by atoms with E-state index in [9.17, 15) is 4.79 Å². The van der Waals surface area contributed by atoms with E-state index in [1.54, 1.807) is 7.11 Å². The molecule has 2 aliphatic rings. The van der Waals surface area contributed by atoms with Gasteiger partial charge in [-0.05, 0) is 56.5 Å². The van der Waals surface area contributed by atoms with Crippen molar-refractivity contribution in [1.82, 2.24) is 9.80 Å². The Morgan fingerprint density at radius 3 is 2.19 bits per heavy atom. The number of para-hydroxylation sites is 1. The maximum absolute atomic E-state index is 13.1. The van der Waals surface area contributed by atoms with Crippen molar-refractivity contribution in [2.75, 3.05) is 33.3 Å². The summed E-state index contributed by atoms with van der Waals surface area (Å²) in [6, 6.07) is 18.4. The van der Waals surface area contributed by atoms with Crippen molar-refractivity contribution < 1.29 is 9.53 Å². The van der Waals surface area contributed by atoms with E-state index in [4.69, 9.17) is 4.74 Å². The second-order valence-electron chi connectivity index (χ2n) is 7.58. The summed E-state index contributed by atoms with van der Waals surface area (Å²) < 4.78 is 5.39. The molecule has 2 aliphatic heterocycles. The molecule has 2 aromatic carbocycles. The quantitative estimate of drug-likeness (QED) is 0.824. The average molecular weight is 364 g/mol. The summed E-state index contributed by atoms with van der Waals surface area (Å²) in [5.41, 5.74) is 2.12.